The van der Waals surface area contributed by atoms with Crippen LogP contribution in [0.4, 0.5) is 4.79 Å². The highest BCUT2D eigenvalue weighted by atomic mass is 16.4. The zero-order chi connectivity index (χ0) is 14.0. The van der Waals surface area contributed by atoms with Gasteiger partial charge in [0.15, 0.2) is 0 Å². The molecule has 2 aliphatic heterocycles. The molecule has 2 aliphatic rings. The zero-order valence-electron chi connectivity index (χ0n) is 11.3. The summed E-state index contributed by atoms with van der Waals surface area (Å²) in [7, 11) is 0. The van der Waals surface area contributed by atoms with Gasteiger partial charge in [0, 0.05) is 32.2 Å². The lowest BCUT2D eigenvalue weighted by molar-refractivity contribution is -0.148. The highest BCUT2D eigenvalue weighted by Crippen LogP contribution is 2.34. The van der Waals surface area contributed by atoms with Gasteiger partial charge in [-0.3, -0.25) is 0 Å². The van der Waals surface area contributed by atoms with Crippen LogP contribution in [0.2, 0.25) is 0 Å². The smallest absolute Gasteiger partial charge is 0.329 e. The number of urea groups is 1. The monoisotopic (exact) mass is 270 g/mol. The van der Waals surface area contributed by atoms with E-state index in [9.17, 15) is 14.7 Å². The number of hydrogen-bond acceptors (Lipinski definition) is 3. The molecule has 0 saturated carbocycles. The van der Waals surface area contributed by atoms with Crippen molar-refractivity contribution in [1.29, 1.82) is 0 Å². The number of carboxylic acid groups (broad SMARTS) is 1. The van der Waals surface area contributed by atoms with E-state index in [1.165, 1.54) is 4.90 Å². The van der Waals surface area contributed by atoms with Crippen molar-refractivity contribution in [3.05, 3.63) is 0 Å². The summed E-state index contributed by atoms with van der Waals surface area (Å²) in [4.78, 5) is 27.3. The Balaban J connectivity index is 2.12. The van der Waals surface area contributed by atoms with E-state index in [4.69, 9.17) is 5.11 Å². The first kappa shape index (κ1) is 14.1. The third-order valence-electron chi connectivity index (χ3n) is 4.52. The number of hydrogen-bond donors (Lipinski definition) is 2. The minimum atomic E-state index is -1.03. The zero-order valence-corrected chi connectivity index (χ0v) is 11.3. The standard InChI is InChI=1S/C13H22N2O4/c1-2-13(11(17)18)5-3-6-15(13)12(19)14-7-4-10(8-14)9-16/h10,16H,2-9H2,1H3,(H,17,18). The van der Waals surface area contributed by atoms with Crippen LogP contribution in [0.25, 0.3) is 0 Å². The first-order chi connectivity index (χ1) is 9.05. The Labute approximate surface area is 113 Å². The number of rotatable bonds is 3. The van der Waals surface area contributed by atoms with Crippen molar-refractivity contribution >= 4 is 12.0 Å². The van der Waals surface area contributed by atoms with Gasteiger partial charge < -0.3 is 20.0 Å². The van der Waals surface area contributed by atoms with Gasteiger partial charge in [-0.25, -0.2) is 9.59 Å². The van der Waals surface area contributed by atoms with Gasteiger partial charge >= 0.3 is 12.0 Å². The van der Waals surface area contributed by atoms with Crippen LogP contribution in [-0.4, -0.2) is 63.8 Å². The van der Waals surface area contributed by atoms with E-state index in [0.717, 1.165) is 12.8 Å². The first-order valence-corrected chi connectivity index (χ1v) is 6.96. The SMILES string of the molecule is CCC1(C(=O)O)CCCN1C(=O)N1CCC(CO)C1. The Morgan fingerprint density at radius 3 is 2.63 bits per heavy atom. The number of carbonyl (C=O) groups is 2. The Hall–Kier alpha value is -1.30. The average Bonchev–Trinajstić information content (AvgIpc) is 3.04. The number of aliphatic hydroxyl groups is 1. The predicted molar refractivity (Wildman–Crippen MR) is 68.8 cm³/mol. The van der Waals surface area contributed by atoms with E-state index in [2.05, 4.69) is 0 Å². The van der Waals surface area contributed by atoms with Gasteiger partial charge in [-0.05, 0) is 25.7 Å². The van der Waals surface area contributed by atoms with E-state index in [-0.39, 0.29) is 18.6 Å². The van der Waals surface area contributed by atoms with Crippen LogP contribution in [0.3, 0.4) is 0 Å². The molecule has 0 radical (unpaired) electrons. The van der Waals surface area contributed by atoms with E-state index in [1.54, 1.807) is 4.90 Å². The fourth-order valence-corrected chi connectivity index (χ4v) is 3.22. The van der Waals surface area contributed by atoms with Crippen LogP contribution in [0.5, 0.6) is 0 Å². The van der Waals surface area contributed by atoms with E-state index < -0.39 is 11.5 Å². The van der Waals surface area contributed by atoms with Crippen molar-refractivity contribution in [3.8, 4) is 0 Å². The molecule has 0 aromatic heterocycles. The fraction of sp³-hybridized carbons (Fsp3) is 0.846. The largest absolute Gasteiger partial charge is 0.479 e. The van der Waals surface area contributed by atoms with Crippen molar-refractivity contribution in [3.63, 3.8) is 0 Å². The molecule has 0 spiro atoms. The Morgan fingerprint density at radius 2 is 2.11 bits per heavy atom. The predicted octanol–water partition coefficient (Wildman–Crippen LogP) is 0.750. The molecule has 2 heterocycles. The number of amides is 2. The van der Waals surface area contributed by atoms with Gasteiger partial charge in [0.25, 0.3) is 0 Å². The quantitative estimate of drug-likeness (QED) is 0.793. The summed E-state index contributed by atoms with van der Waals surface area (Å²) in [5.41, 5.74) is -1.03. The molecule has 2 rings (SSSR count). The van der Waals surface area contributed by atoms with Crippen molar-refractivity contribution < 1.29 is 19.8 Å². The minimum Gasteiger partial charge on any atom is -0.479 e. The second-order valence-electron chi connectivity index (χ2n) is 5.51. The van der Waals surface area contributed by atoms with Gasteiger partial charge in [-0.2, -0.15) is 0 Å². The molecule has 6 heteroatoms. The van der Waals surface area contributed by atoms with Crippen molar-refractivity contribution in [2.45, 2.75) is 38.1 Å². The summed E-state index contributed by atoms with van der Waals surface area (Å²) < 4.78 is 0. The molecule has 2 amide bonds. The molecule has 2 saturated heterocycles. The molecule has 0 aromatic carbocycles. The van der Waals surface area contributed by atoms with Crippen LogP contribution in [0, 0.1) is 5.92 Å². The number of aliphatic hydroxyl groups excluding tert-OH is 1. The Kier molecular flexibility index (Phi) is 3.99. The summed E-state index contributed by atoms with van der Waals surface area (Å²) in [5.74, 6) is -0.772. The lowest BCUT2D eigenvalue weighted by atomic mass is 9.93. The molecule has 0 aromatic rings. The molecule has 2 unspecified atom stereocenters. The summed E-state index contributed by atoms with van der Waals surface area (Å²) in [5, 5.41) is 18.6. The number of nitrogens with zero attached hydrogens (tertiary/aromatic N) is 2. The molecular weight excluding hydrogens is 248 g/mol. The molecule has 2 N–H and O–H groups in total. The molecule has 6 nitrogen and oxygen atoms in total. The van der Waals surface area contributed by atoms with Crippen molar-refractivity contribution in [2.24, 2.45) is 5.92 Å². The average molecular weight is 270 g/mol. The van der Waals surface area contributed by atoms with E-state index >= 15 is 0 Å². The molecule has 19 heavy (non-hydrogen) atoms. The number of likely N-dealkylation sites (tertiary alicyclic amines) is 2. The third-order valence-corrected chi connectivity index (χ3v) is 4.52. The lowest BCUT2D eigenvalue weighted by Crippen LogP contribution is -2.56. The van der Waals surface area contributed by atoms with Gasteiger partial charge in [0.1, 0.15) is 5.54 Å². The molecule has 108 valence electrons. The number of aliphatic carboxylic acids is 1. The third kappa shape index (κ3) is 2.29. The van der Waals surface area contributed by atoms with Crippen LogP contribution < -0.4 is 0 Å². The van der Waals surface area contributed by atoms with Crippen LogP contribution in [-0.2, 0) is 4.79 Å². The Bertz CT molecular complexity index is 374. The number of carboxylic acids is 1. The number of carbonyl (C=O) groups excluding carboxylic acids is 1. The second-order valence-corrected chi connectivity index (χ2v) is 5.51. The van der Waals surface area contributed by atoms with Gasteiger partial charge in [-0.1, -0.05) is 6.92 Å². The van der Waals surface area contributed by atoms with Crippen LogP contribution in [0.1, 0.15) is 32.6 Å². The summed E-state index contributed by atoms with van der Waals surface area (Å²) >= 11 is 0. The highest BCUT2D eigenvalue weighted by molar-refractivity contribution is 5.87. The topological polar surface area (TPSA) is 81.1 Å². The van der Waals surface area contributed by atoms with E-state index in [0.29, 0.717) is 32.5 Å². The molecule has 2 fully saturated rings. The summed E-state index contributed by atoms with van der Waals surface area (Å²) in [6, 6.07) is -0.183. The van der Waals surface area contributed by atoms with Gasteiger partial charge in [-0.15, -0.1) is 0 Å². The van der Waals surface area contributed by atoms with Crippen LogP contribution in [0.15, 0.2) is 0 Å². The molecule has 2 atom stereocenters. The second kappa shape index (κ2) is 5.36. The van der Waals surface area contributed by atoms with Gasteiger partial charge in [0.05, 0.1) is 0 Å². The molecular formula is C13H22N2O4. The normalized spacial score (nSPS) is 30.9. The summed E-state index contributed by atoms with van der Waals surface area (Å²) in [6.07, 6.45) is 2.50. The lowest BCUT2D eigenvalue weighted by Gasteiger charge is -2.36. The van der Waals surface area contributed by atoms with Gasteiger partial charge in [0.2, 0.25) is 0 Å². The first-order valence-electron chi connectivity index (χ1n) is 6.96. The Morgan fingerprint density at radius 1 is 1.37 bits per heavy atom. The highest BCUT2D eigenvalue weighted by Gasteiger charge is 2.50. The summed E-state index contributed by atoms with van der Waals surface area (Å²) in [6.45, 7) is 3.56. The maximum Gasteiger partial charge on any atom is 0.329 e. The van der Waals surface area contributed by atoms with Crippen LogP contribution >= 0.6 is 0 Å². The fourth-order valence-electron chi connectivity index (χ4n) is 3.22. The minimum absolute atomic E-state index is 0.0850. The van der Waals surface area contributed by atoms with E-state index in [1.807, 2.05) is 6.92 Å². The molecule has 0 aliphatic carbocycles. The molecule has 0 bridgehead atoms. The maximum atomic E-state index is 12.5. The maximum absolute atomic E-state index is 12.5. The van der Waals surface area contributed by atoms with Crippen molar-refractivity contribution in [2.75, 3.05) is 26.2 Å². The van der Waals surface area contributed by atoms with Crippen molar-refractivity contribution in [1.82, 2.24) is 9.80 Å².